The van der Waals surface area contributed by atoms with Crippen molar-refractivity contribution >= 4 is 5.97 Å². The van der Waals surface area contributed by atoms with E-state index < -0.39 is 0 Å². The first-order valence-electron chi connectivity index (χ1n) is 7.24. The summed E-state index contributed by atoms with van der Waals surface area (Å²) in [4.78, 5) is 11.6. The first-order valence-corrected chi connectivity index (χ1v) is 7.24. The largest absolute Gasteiger partial charge is 0.496 e. The van der Waals surface area contributed by atoms with Crippen molar-refractivity contribution in [1.29, 1.82) is 0 Å². The summed E-state index contributed by atoms with van der Waals surface area (Å²) in [5, 5.41) is 8.65. The minimum atomic E-state index is -0.301. The van der Waals surface area contributed by atoms with Crippen LogP contribution >= 0.6 is 0 Å². The van der Waals surface area contributed by atoms with Gasteiger partial charge in [-0.3, -0.25) is 4.79 Å². The molecule has 1 N–H and O–H groups in total. The van der Waals surface area contributed by atoms with Crippen LogP contribution in [0.1, 0.15) is 43.9 Å². The molecule has 1 aromatic carbocycles. The van der Waals surface area contributed by atoms with Crippen LogP contribution in [0.2, 0.25) is 0 Å². The van der Waals surface area contributed by atoms with Gasteiger partial charge in [0, 0.05) is 12.0 Å². The van der Waals surface area contributed by atoms with Crippen LogP contribution < -0.4 is 4.74 Å². The molecule has 118 valence electrons. The highest BCUT2D eigenvalue weighted by molar-refractivity contribution is 5.70. The van der Waals surface area contributed by atoms with E-state index in [-0.39, 0.29) is 31.0 Å². The molecule has 0 aliphatic carbocycles. The number of benzene rings is 1. The van der Waals surface area contributed by atoms with E-state index in [1.807, 2.05) is 13.0 Å². The molecule has 0 bridgehead atoms. The smallest absolute Gasteiger partial charge is 0.306 e. The number of aryl methyl sites for hydroxylation is 2. The summed E-state index contributed by atoms with van der Waals surface area (Å²) >= 11 is 0. The van der Waals surface area contributed by atoms with Crippen LogP contribution in [-0.2, 0) is 21.4 Å². The standard InChI is InChI=1S/C17H26O4/c1-12-10-13(6-7-15(19)21-9-8-18)16(20-5)14(11-12)17(2,3)4/h10-11,18H,6-9H2,1-5H3. The Bertz CT molecular complexity index is 486. The summed E-state index contributed by atoms with van der Waals surface area (Å²) in [7, 11) is 1.66. The third kappa shape index (κ3) is 5.05. The van der Waals surface area contributed by atoms with E-state index in [0.717, 1.165) is 22.4 Å². The molecule has 0 atom stereocenters. The van der Waals surface area contributed by atoms with E-state index in [1.54, 1.807) is 7.11 Å². The van der Waals surface area contributed by atoms with Crippen LogP contribution in [0.3, 0.4) is 0 Å². The van der Waals surface area contributed by atoms with Crippen molar-refractivity contribution in [2.75, 3.05) is 20.3 Å². The number of rotatable bonds is 6. The first kappa shape index (κ1) is 17.5. The van der Waals surface area contributed by atoms with Gasteiger partial charge in [0.25, 0.3) is 0 Å². The molecular formula is C17H26O4. The molecule has 0 aromatic heterocycles. The number of esters is 1. The molecule has 0 unspecified atom stereocenters. The summed E-state index contributed by atoms with van der Waals surface area (Å²) in [5.74, 6) is 0.549. The van der Waals surface area contributed by atoms with Gasteiger partial charge in [-0.05, 0) is 24.3 Å². The van der Waals surface area contributed by atoms with Gasteiger partial charge in [-0.25, -0.2) is 0 Å². The number of aliphatic hydroxyl groups excluding tert-OH is 1. The van der Waals surface area contributed by atoms with E-state index in [2.05, 4.69) is 26.8 Å². The molecule has 0 heterocycles. The zero-order valence-electron chi connectivity index (χ0n) is 13.7. The molecule has 0 aliphatic rings. The molecule has 0 saturated carbocycles. The van der Waals surface area contributed by atoms with Crippen molar-refractivity contribution in [2.24, 2.45) is 0 Å². The molecule has 1 rings (SSSR count). The second-order valence-electron chi connectivity index (χ2n) is 6.20. The number of hydrogen-bond acceptors (Lipinski definition) is 4. The van der Waals surface area contributed by atoms with Crippen molar-refractivity contribution in [3.63, 3.8) is 0 Å². The lowest BCUT2D eigenvalue weighted by Crippen LogP contribution is -2.15. The molecule has 0 spiro atoms. The number of ether oxygens (including phenoxy) is 2. The average Bonchev–Trinajstić information content (AvgIpc) is 2.41. The van der Waals surface area contributed by atoms with Gasteiger partial charge in [-0.15, -0.1) is 0 Å². The Morgan fingerprint density at radius 2 is 1.95 bits per heavy atom. The zero-order chi connectivity index (χ0) is 16.0. The molecule has 0 radical (unpaired) electrons. The van der Waals surface area contributed by atoms with Crippen molar-refractivity contribution in [2.45, 2.75) is 46.0 Å². The monoisotopic (exact) mass is 294 g/mol. The topological polar surface area (TPSA) is 55.8 Å². The Hall–Kier alpha value is -1.55. The fraction of sp³-hybridized carbons (Fsp3) is 0.588. The van der Waals surface area contributed by atoms with Crippen LogP contribution in [0.25, 0.3) is 0 Å². The fourth-order valence-electron chi connectivity index (χ4n) is 2.30. The van der Waals surface area contributed by atoms with Crippen molar-refractivity contribution in [1.82, 2.24) is 0 Å². The third-order valence-corrected chi connectivity index (χ3v) is 3.28. The van der Waals surface area contributed by atoms with Gasteiger partial charge >= 0.3 is 5.97 Å². The van der Waals surface area contributed by atoms with Crippen molar-refractivity contribution < 1.29 is 19.4 Å². The number of aliphatic hydroxyl groups is 1. The molecule has 4 heteroatoms. The first-order chi connectivity index (χ1) is 9.79. The Kier molecular flexibility index (Phi) is 6.21. The van der Waals surface area contributed by atoms with Gasteiger partial charge in [0.1, 0.15) is 12.4 Å². The van der Waals surface area contributed by atoms with Crippen LogP contribution in [0, 0.1) is 6.92 Å². The molecule has 0 fully saturated rings. The van der Waals surface area contributed by atoms with Gasteiger partial charge in [0.15, 0.2) is 0 Å². The predicted octanol–water partition coefficient (Wildman–Crippen LogP) is 2.77. The van der Waals surface area contributed by atoms with E-state index in [0.29, 0.717) is 6.42 Å². The van der Waals surface area contributed by atoms with Gasteiger partial charge < -0.3 is 14.6 Å². The lowest BCUT2D eigenvalue weighted by molar-refractivity contribution is -0.144. The third-order valence-electron chi connectivity index (χ3n) is 3.28. The van der Waals surface area contributed by atoms with E-state index in [1.165, 1.54) is 0 Å². The highest BCUT2D eigenvalue weighted by Crippen LogP contribution is 2.35. The Morgan fingerprint density at radius 3 is 2.48 bits per heavy atom. The molecular weight excluding hydrogens is 268 g/mol. The lowest BCUT2D eigenvalue weighted by atomic mass is 9.83. The molecule has 21 heavy (non-hydrogen) atoms. The second kappa shape index (κ2) is 7.46. The fourth-order valence-corrected chi connectivity index (χ4v) is 2.30. The highest BCUT2D eigenvalue weighted by atomic mass is 16.5. The van der Waals surface area contributed by atoms with E-state index in [9.17, 15) is 4.79 Å². The molecule has 0 amide bonds. The SMILES string of the molecule is COc1c(CCC(=O)OCCO)cc(C)cc1C(C)(C)C. The van der Waals surface area contributed by atoms with Crippen molar-refractivity contribution in [3.05, 3.63) is 28.8 Å². The van der Waals surface area contributed by atoms with Crippen LogP contribution in [-0.4, -0.2) is 31.4 Å². The van der Waals surface area contributed by atoms with Gasteiger partial charge in [-0.2, -0.15) is 0 Å². The van der Waals surface area contributed by atoms with Gasteiger partial charge in [-0.1, -0.05) is 38.5 Å². The lowest BCUT2D eigenvalue weighted by Gasteiger charge is -2.25. The Labute approximate surface area is 127 Å². The van der Waals surface area contributed by atoms with E-state index >= 15 is 0 Å². The maximum Gasteiger partial charge on any atom is 0.306 e. The maximum absolute atomic E-state index is 11.6. The molecule has 0 saturated heterocycles. The molecule has 1 aromatic rings. The zero-order valence-corrected chi connectivity index (χ0v) is 13.7. The van der Waals surface area contributed by atoms with Crippen LogP contribution in [0.5, 0.6) is 5.75 Å². The number of carbonyl (C=O) groups excluding carboxylic acids is 1. The van der Waals surface area contributed by atoms with E-state index in [4.69, 9.17) is 14.6 Å². The average molecular weight is 294 g/mol. The predicted molar refractivity (Wildman–Crippen MR) is 82.8 cm³/mol. The van der Waals surface area contributed by atoms with Crippen LogP contribution in [0.4, 0.5) is 0 Å². The second-order valence-corrected chi connectivity index (χ2v) is 6.20. The molecule has 0 aliphatic heterocycles. The Morgan fingerprint density at radius 1 is 1.29 bits per heavy atom. The highest BCUT2D eigenvalue weighted by Gasteiger charge is 2.22. The van der Waals surface area contributed by atoms with Crippen molar-refractivity contribution in [3.8, 4) is 5.75 Å². The summed E-state index contributed by atoms with van der Waals surface area (Å²) < 4.78 is 10.5. The number of carbonyl (C=O) groups is 1. The minimum Gasteiger partial charge on any atom is -0.496 e. The number of hydrogen-bond donors (Lipinski definition) is 1. The number of methoxy groups -OCH3 is 1. The van der Waals surface area contributed by atoms with Crippen LogP contribution in [0.15, 0.2) is 12.1 Å². The Balaban J connectivity index is 2.96. The summed E-state index contributed by atoms with van der Waals surface area (Å²) in [6, 6.07) is 4.18. The summed E-state index contributed by atoms with van der Waals surface area (Å²) in [5.41, 5.74) is 3.29. The van der Waals surface area contributed by atoms with Gasteiger partial charge in [0.05, 0.1) is 13.7 Å². The normalized spacial score (nSPS) is 11.3. The summed E-state index contributed by atoms with van der Waals surface area (Å²) in [6.45, 7) is 8.38. The summed E-state index contributed by atoms with van der Waals surface area (Å²) in [6.07, 6.45) is 0.849. The van der Waals surface area contributed by atoms with Gasteiger partial charge in [0.2, 0.25) is 0 Å². The molecule has 4 nitrogen and oxygen atoms in total. The minimum absolute atomic E-state index is 0.0243. The quantitative estimate of drug-likeness (QED) is 0.820. The maximum atomic E-state index is 11.6.